The minimum atomic E-state index is -0.658. The van der Waals surface area contributed by atoms with Gasteiger partial charge in [-0.2, -0.15) is 0 Å². The SMILES string of the molecule is CC(C)OC(=O)COc1cc(Br)ccc1C(C)O. The van der Waals surface area contributed by atoms with Crippen molar-refractivity contribution >= 4 is 21.9 Å². The van der Waals surface area contributed by atoms with Crippen LogP contribution in [0.3, 0.4) is 0 Å². The van der Waals surface area contributed by atoms with Gasteiger partial charge in [-0.15, -0.1) is 0 Å². The van der Waals surface area contributed by atoms with Crippen LogP contribution in [0.25, 0.3) is 0 Å². The third-order valence-electron chi connectivity index (χ3n) is 2.14. The average Bonchev–Trinajstić information content (AvgIpc) is 2.25. The third kappa shape index (κ3) is 4.66. The normalized spacial score (nSPS) is 12.3. The van der Waals surface area contributed by atoms with E-state index in [1.54, 1.807) is 39.0 Å². The smallest absolute Gasteiger partial charge is 0.344 e. The number of ether oxygens (including phenoxy) is 2. The lowest BCUT2D eigenvalue weighted by atomic mass is 10.1. The van der Waals surface area contributed by atoms with Crippen molar-refractivity contribution in [1.29, 1.82) is 0 Å². The van der Waals surface area contributed by atoms with Gasteiger partial charge in [0.2, 0.25) is 0 Å². The van der Waals surface area contributed by atoms with Gasteiger partial charge in [0.1, 0.15) is 5.75 Å². The fourth-order valence-corrected chi connectivity index (χ4v) is 1.75. The first-order valence-electron chi connectivity index (χ1n) is 5.70. The van der Waals surface area contributed by atoms with E-state index in [2.05, 4.69) is 15.9 Å². The van der Waals surface area contributed by atoms with E-state index in [0.29, 0.717) is 11.3 Å². The van der Waals surface area contributed by atoms with Gasteiger partial charge in [-0.3, -0.25) is 0 Å². The van der Waals surface area contributed by atoms with Gasteiger partial charge in [-0.05, 0) is 32.9 Å². The summed E-state index contributed by atoms with van der Waals surface area (Å²) in [6.07, 6.45) is -0.825. The van der Waals surface area contributed by atoms with E-state index in [9.17, 15) is 9.90 Å². The Balaban J connectivity index is 2.71. The van der Waals surface area contributed by atoms with Crippen molar-refractivity contribution in [3.63, 3.8) is 0 Å². The van der Waals surface area contributed by atoms with Crippen LogP contribution in [0, 0.1) is 0 Å². The van der Waals surface area contributed by atoms with Gasteiger partial charge in [0.25, 0.3) is 0 Å². The molecule has 0 aliphatic rings. The molecule has 1 atom stereocenters. The van der Waals surface area contributed by atoms with Crippen molar-refractivity contribution in [1.82, 2.24) is 0 Å². The Bertz CT molecular complexity index is 415. The van der Waals surface area contributed by atoms with Crippen LogP contribution in [0.1, 0.15) is 32.4 Å². The lowest BCUT2D eigenvalue weighted by molar-refractivity contribution is -0.149. The van der Waals surface area contributed by atoms with E-state index in [1.807, 2.05) is 0 Å². The van der Waals surface area contributed by atoms with Crippen molar-refractivity contribution in [2.24, 2.45) is 0 Å². The van der Waals surface area contributed by atoms with Gasteiger partial charge in [-0.1, -0.05) is 22.0 Å². The molecule has 1 aromatic rings. The number of hydrogen-bond acceptors (Lipinski definition) is 4. The second-order valence-electron chi connectivity index (χ2n) is 4.19. The van der Waals surface area contributed by atoms with Crippen LogP contribution >= 0.6 is 15.9 Å². The molecule has 0 fully saturated rings. The van der Waals surface area contributed by atoms with Crippen LogP contribution in [0.5, 0.6) is 5.75 Å². The summed E-state index contributed by atoms with van der Waals surface area (Å²) in [6.45, 7) is 5.02. The molecule has 100 valence electrons. The van der Waals surface area contributed by atoms with Crippen LogP contribution in [0.15, 0.2) is 22.7 Å². The van der Waals surface area contributed by atoms with Gasteiger partial charge in [0.15, 0.2) is 6.61 Å². The molecular formula is C13H17BrO4. The van der Waals surface area contributed by atoms with Crippen LogP contribution in [-0.2, 0) is 9.53 Å². The molecule has 0 saturated carbocycles. The Morgan fingerprint density at radius 1 is 1.39 bits per heavy atom. The average molecular weight is 317 g/mol. The fraction of sp³-hybridized carbons (Fsp3) is 0.462. The molecule has 0 bridgehead atoms. The monoisotopic (exact) mass is 316 g/mol. The molecule has 0 aromatic heterocycles. The topological polar surface area (TPSA) is 55.8 Å². The fourth-order valence-electron chi connectivity index (χ4n) is 1.41. The summed E-state index contributed by atoms with van der Waals surface area (Å²) in [5.74, 6) is 0.0431. The Hall–Kier alpha value is -1.07. The van der Waals surface area contributed by atoms with Crippen LogP contribution in [-0.4, -0.2) is 23.8 Å². The molecule has 0 aliphatic carbocycles. The van der Waals surface area contributed by atoms with E-state index in [4.69, 9.17) is 9.47 Å². The van der Waals surface area contributed by atoms with Crippen molar-refractivity contribution in [3.8, 4) is 5.75 Å². The van der Waals surface area contributed by atoms with Crippen molar-refractivity contribution in [2.75, 3.05) is 6.61 Å². The van der Waals surface area contributed by atoms with Crippen molar-refractivity contribution in [2.45, 2.75) is 33.0 Å². The zero-order valence-electron chi connectivity index (χ0n) is 10.6. The maximum atomic E-state index is 11.4. The van der Waals surface area contributed by atoms with E-state index >= 15 is 0 Å². The number of carbonyl (C=O) groups is 1. The number of benzene rings is 1. The lowest BCUT2D eigenvalue weighted by Gasteiger charge is -2.14. The summed E-state index contributed by atoms with van der Waals surface area (Å²) >= 11 is 3.31. The summed E-state index contributed by atoms with van der Waals surface area (Å²) in [4.78, 5) is 11.4. The third-order valence-corrected chi connectivity index (χ3v) is 2.63. The molecule has 0 radical (unpaired) electrons. The predicted octanol–water partition coefficient (Wildman–Crippen LogP) is 2.83. The number of aliphatic hydroxyl groups is 1. The molecule has 0 saturated heterocycles. The molecule has 4 nitrogen and oxygen atoms in total. The molecule has 5 heteroatoms. The minimum Gasteiger partial charge on any atom is -0.481 e. The molecule has 0 spiro atoms. The summed E-state index contributed by atoms with van der Waals surface area (Å²) in [5, 5.41) is 9.59. The van der Waals surface area contributed by atoms with Crippen molar-refractivity contribution < 1.29 is 19.4 Å². The Kier molecular flexibility index (Phi) is 5.62. The highest BCUT2D eigenvalue weighted by atomic mass is 79.9. The van der Waals surface area contributed by atoms with Crippen LogP contribution in [0.4, 0.5) is 0 Å². The highest BCUT2D eigenvalue weighted by Gasteiger charge is 2.12. The first kappa shape index (κ1) is 15.0. The summed E-state index contributed by atoms with van der Waals surface area (Å²) in [5.41, 5.74) is 0.635. The second kappa shape index (κ2) is 6.75. The largest absolute Gasteiger partial charge is 0.481 e. The highest BCUT2D eigenvalue weighted by molar-refractivity contribution is 9.10. The first-order chi connectivity index (χ1) is 8.40. The molecule has 1 unspecified atom stereocenters. The van der Waals surface area contributed by atoms with Gasteiger partial charge < -0.3 is 14.6 Å². The number of hydrogen-bond donors (Lipinski definition) is 1. The van der Waals surface area contributed by atoms with E-state index < -0.39 is 12.1 Å². The molecule has 0 aliphatic heterocycles. The molecule has 1 rings (SSSR count). The second-order valence-corrected chi connectivity index (χ2v) is 5.10. The number of carbonyl (C=O) groups excluding carboxylic acids is 1. The maximum absolute atomic E-state index is 11.4. The summed E-state index contributed by atoms with van der Waals surface area (Å²) in [6, 6.07) is 5.27. The van der Waals surface area contributed by atoms with E-state index in [-0.39, 0.29) is 12.7 Å². The van der Waals surface area contributed by atoms with Gasteiger partial charge in [0, 0.05) is 10.0 Å². The number of rotatable bonds is 5. The van der Waals surface area contributed by atoms with E-state index in [0.717, 1.165) is 4.47 Å². The molecular weight excluding hydrogens is 300 g/mol. The zero-order chi connectivity index (χ0) is 13.7. The van der Waals surface area contributed by atoms with Gasteiger partial charge in [-0.25, -0.2) is 4.79 Å². The van der Waals surface area contributed by atoms with Gasteiger partial charge in [0.05, 0.1) is 12.2 Å². The molecule has 0 heterocycles. The maximum Gasteiger partial charge on any atom is 0.344 e. The number of esters is 1. The van der Waals surface area contributed by atoms with E-state index in [1.165, 1.54) is 0 Å². The standard InChI is InChI=1S/C13H17BrO4/c1-8(2)18-13(16)7-17-12-6-10(14)4-5-11(12)9(3)15/h4-6,8-9,15H,7H2,1-3H3. The molecule has 1 aromatic carbocycles. The lowest BCUT2D eigenvalue weighted by Crippen LogP contribution is -2.19. The zero-order valence-corrected chi connectivity index (χ0v) is 12.2. The summed E-state index contributed by atoms with van der Waals surface area (Å²) < 4.78 is 11.2. The Morgan fingerprint density at radius 2 is 2.06 bits per heavy atom. The quantitative estimate of drug-likeness (QED) is 0.849. The van der Waals surface area contributed by atoms with Crippen molar-refractivity contribution in [3.05, 3.63) is 28.2 Å². The molecule has 0 amide bonds. The Labute approximate surface area is 115 Å². The van der Waals surface area contributed by atoms with Crippen LogP contribution < -0.4 is 4.74 Å². The molecule has 1 N–H and O–H groups in total. The predicted molar refractivity (Wildman–Crippen MR) is 71.5 cm³/mol. The summed E-state index contributed by atoms with van der Waals surface area (Å²) in [7, 11) is 0. The Morgan fingerprint density at radius 3 is 2.61 bits per heavy atom. The molecule has 18 heavy (non-hydrogen) atoms. The first-order valence-corrected chi connectivity index (χ1v) is 6.49. The minimum absolute atomic E-state index is 0.167. The highest BCUT2D eigenvalue weighted by Crippen LogP contribution is 2.28. The van der Waals surface area contributed by atoms with Crippen LogP contribution in [0.2, 0.25) is 0 Å². The van der Waals surface area contributed by atoms with Gasteiger partial charge >= 0.3 is 5.97 Å². The number of aliphatic hydroxyl groups excluding tert-OH is 1. The number of halogens is 1.